The summed E-state index contributed by atoms with van der Waals surface area (Å²) in [5.74, 6) is 0. The number of hydrogen-bond acceptors (Lipinski definition) is 3. The topological polar surface area (TPSA) is 35.6 Å². The fourth-order valence-electron chi connectivity index (χ4n) is 3.76. The van der Waals surface area contributed by atoms with Crippen molar-refractivity contribution in [1.29, 1.82) is 0 Å². The second kappa shape index (κ2) is 9.04. The summed E-state index contributed by atoms with van der Waals surface area (Å²) in [4.78, 5) is 18.1. The van der Waals surface area contributed by atoms with E-state index in [9.17, 15) is 4.79 Å². The molecular weight excluding hydrogens is 366 g/mol. The summed E-state index contributed by atoms with van der Waals surface area (Å²) in [7, 11) is 0. The number of nitrogens with zero attached hydrogens (tertiary/aromatic N) is 2. The predicted octanol–water partition coefficient (Wildman–Crippen LogP) is 4.36. The van der Waals surface area contributed by atoms with E-state index < -0.39 is 0 Å². The van der Waals surface area contributed by atoms with Gasteiger partial charge in [0.2, 0.25) is 0 Å². The van der Waals surface area contributed by atoms with Crippen LogP contribution in [0.15, 0.2) is 78.2 Å². The minimum atomic E-state index is 0.0315. The molecular formula is C23H25N3OS. The smallest absolute Gasteiger partial charge is 0.317 e. The summed E-state index contributed by atoms with van der Waals surface area (Å²) in [5.41, 5.74) is 2.59. The Balaban J connectivity index is 1.41. The van der Waals surface area contributed by atoms with E-state index in [0.29, 0.717) is 6.54 Å². The van der Waals surface area contributed by atoms with Gasteiger partial charge in [-0.2, -0.15) is 0 Å². The number of rotatable bonds is 5. The zero-order valence-corrected chi connectivity index (χ0v) is 16.6. The Hall–Kier alpha value is -2.63. The van der Waals surface area contributed by atoms with E-state index in [1.54, 1.807) is 11.3 Å². The van der Waals surface area contributed by atoms with Gasteiger partial charge in [0, 0.05) is 31.1 Å². The van der Waals surface area contributed by atoms with Crippen molar-refractivity contribution in [1.82, 2.24) is 15.1 Å². The van der Waals surface area contributed by atoms with Crippen molar-refractivity contribution >= 4 is 17.4 Å². The lowest BCUT2D eigenvalue weighted by Gasteiger charge is -2.39. The van der Waals surface area contributed by atoms with Gasteiger partial charge in [-0.1, -0.05) is 66.7 Å². The van der Waals surface area contributed by atoms with Crippen molar-refractivity contribution in [2.45, 2.75) is 12.6 Å². The Morgan fingerprint density at radius 1 is 0.857 bits per heavy atom. The first-order valence-electron chi connectivity index (χ1n) is 9.70. The van der Waals surface area contributed by atoms with Crippen molar-refractivity contribution in [2.24, 2.45) is 0 Å². The van der Waals surface area contributed by atoms with Crippen molar-refractivity contribution in [3.05, 3.63) is 94.2 Å². The first-order valence-corrected chi connectivity index (χ1v) is 10.6. The van der Waals surface area contributed by atoms with Gasteiger partial charge in [-0.3, -0.25) is 4.90 Å². The lowest BCUT2D eigenvalue weighted by atomic mass is 9.96. The third-order valence-corrected chi connectivity index (χ3v) is 6.07. The number of carbonyl (C=O) groups excluding carboxylic acids is 1. The van der Waals surface area contributed by atoms with Crippen LogP contribution in [0.4, 0.5) is 4.79 Å². The van der Waals surface area contributed by atoms with Crippen LogP contribution in [0.1, 0.15) is 22.0 Å². The molecule has 1 N–H and O–H groups in total. The molecule has 4 nitrogen and oxygen atoms in total. The van der Waals surface area contributed by atoms with E-state index in [2.05, 4.69) is 70.9 Å². The maximum atomic E-state index is 12.5. The quantitative estimate of drug-likeness (QED) is 0.701. The highest BCUT2D eigenvalue weighted by Gasteiger charge is 2.28. The standard InChI is InChI=1S/C23H25N3OS/c27-23(24-18-21-12-7-17-28-21)26-15-13-25(14-16-26)22(19-8-3-1-4-9-19)20-10-5-2-6-11-20/h1-12,17,22H,13-16,18H2,(H,24,27). The number of amides is 2. The van der Waals surface area contributed by atoms with Crippen molar-refractivity contribution in [3.8, 4) is 0 Å². The van der Waals surface area contributed by atoms with Crippen LogP contribution in [0.5, 0.6) is 0 Å². The summed E-state index contributed by atoms with van der Waals surface area (Å²) in [6, 6.07) is 25.6. The van der Waals surface area contributed by atoms with E-state index in [-0.39, 0.29) is 12.1 Å². The van der Waals surface area contributed by atoms with Gasteiger partial charge >= 0.3 is 6.03 Å². The molecule has 0 radical (unpaired) electrons. The van der Waals surface area contributed by atoms with Gasteiger partial charge in [0.15, 0.2) is 0 Å². The number of piperazine rings is 1. The van der Waals surface area contributed by atoms with Gasteiger partial charge in [-0.25, -0.2) is 4.79 Å². The first-order chi connectivity index (χ1) is 13.8. The Kier molecular flexibility index (Phi) is 6.04. The summed E-state index contributed by atoms with van der Waals surface area (Å²) < 4.78 is 0. The second-order valence-corrected chi connectivity index (χ2v) is 8.02. The zero-order valence-electron chi connectivity index (χ0n) is 15.8. The summed E-state index contributed by atoms with van der Waals surface area (Å²) in [6.45, 7) is 3.81. The maximum absolute atomic E-state index is 12.5. The SMILES string of the molecule is O=C(NCc1cccs1)N1CCN(C(c2ccccc2)c2ccccc2)CC1. The number of thiophene rings is 1. The van der Waals surface area contributed by atoms with Crippen LogP contribution in [0.3, 0.4) is 0 Å². The van der Waals surface area contributed by atoms with E-state index >= 15 is 0 Å². The summed E-state index contributed by atoms with van der Waals surface area (Å²) >= 11 is 1.67. The molecule has 2 aromatic carbocycles. The molecule has 1 saturated heterocycles. The number of nitrogens with one attached hydrogen (secondary N) is 1. The fraction of sp³-hybridized carbons (Fsp3) is 0.261. The van der Waals surface area contributed by atoms with Gasteiger partial charge in [-0.05, 0) is 22.6 Å². The van der Waals surface area contributed by atoms with Crippen LogP contribution in [-0.2, 0) is 6.54 Å². The summed E-state index contributed by atoms with van der Waals surface area (Å²) in [6.07, 6.45) is 0. The molecule has 0 atom stereocenters. The van der Waals surface area contributed by atoms with Crippen LogP contribution in [0.25, 0.3) is 0 Å². The average molecular weight is 392 g/mol. The molecule has 1 aromatic heterocycles. The molecule has 0 aliphatic carbocycles. The Morgan fingerprint density at radius 3 is 2.00 bits per heavy atom. The number of hydrogen-bond donors (Lipinski definition) is 1. The van der Waals surface area contributed by atoms with Crippen molar-refractivity contribution < 1.29 is 4.79 Å². The lowest BCUT2D eigenvalue weighted by Crippen LogP contribution is -2.52. The van der Waals surface area contributed by atoms with Gasteiger partial charge in [0.25, 0.3) is 0 Å². The van der Waals surface area contributed by atoms with Crippen LogP contribution in [0.2, 0.25) is 0 Å². The van der Waals surface area contributed by atoms with Crippen molar-refractivity contribution in [2.75, 3.05) is 26.2 Å². The largest absolute Gasteiger partial charge is 0.333 e. The number of carbonyl (C=O) groups is 1. The molecule has 1 aliphatic heterocycles. The zero-order chi connectivity index (χ0) is 19.2. The molecule has 5 heteroatoms. The predicted molar refractivity (Wildman–Crippen MR) is 114 cm³/mol. The molecule has 4 rings (SSSR count). The molecule has 3 aromatic rings. The van der Waals surface area contributed by atoms with E-state index in [4.69, 9.17) is 0 Å². The minimum absolute atomic E-state index is 0.0315. The summed E-state index contributed by atoms with van der Waals surface area (Å²) in [5, 5.41) is 5.08. The van der Waals surface area contributed by atoms with Crippen LogP contribution >= 0.6 is 11.3 Å². The fourth-order valence-corrected chi connectivity index (χ4v) is 4.40. The van der Waals surface area contributed by atoms with Gasteiger partial charge in [0.05, 0.1) is 12.6 Å². The highest BCUT2D eigenvalue weighted by Crippen LogP contribution is 2.29. The van der Waals surface area contributed by atoms with Crippen molar-refractivity contribution in [3.63, 3.8) is 0 Å². The van der Waals surface area contributed by atoms with E-state index in [1.165, 1.54) is 16.0 Å². The van der Waals surface area contributed by atoms with E-state index in [0.717, 1.165) is 26.2 Å². The molecule has 2 heterocycles. The Bertz CT molecular complexity index is 820. The normalized spacial score (nSPS) is 15.0. The lowest BCUT2D eigenvalue weighted by molar-refractivity contribution is 0.120. The highest BCUT2D eigenvalue weighted by atomic mass is 32.1. The Morgan fingerprint density at radius 2 is 1.46 bits per heavy atom. The molecule has 1 fully saturated rings. The molecule has 144 valence electrons. The number of urea groups is 1. The maximum Gasteiger partial charge on any atom is 0.317 e. The molecule has 0 unspecified atom stereocenters. The second-order valence-electron chi connectivity index (χ2n) is 6.98. The molecule has 1 aliphatic rings. The third-order valence-electron chi connectivity index (χ3n) is 5.19. The van der Waals surface area contributed by atoms with E-state index in [1.807, 2.05) is 22.4 Å². The van der Waals surface area contributed by atoms with Crippen LogP contribution in [-0.4, -0.2) is 42.0 Å². The third kappa shape index (κ3) is 4.43. The average Bonchev–Trinajstić information content (AvgIpc) is 3.28. The first kappa shape index (κ1) is 18.7. The van der Waals surface area contributed by atoms with Gasteiger partial charge in [-0.15, -0.1) is 11.3 Å². The van der Waals surface area contributed by atoms with Gasteiger partial charge in [0.1, 0.15) is 0 Å². The Labute approximate surface area is 170 Å². The number of benzene rings is 2. The molecule has 0 bridgehead atoms. The highest BCUT2D eigenvalue weighted by molar-refractivity contribution is 7.09. The monoisotopic (exact) mass is 391 g/mol. The van der Waals surface area contributed by atoms with Crippen LogP contribution < -0.4 is 5.32 Å². The molecule has 28 heavy (non-hydrogen) atoms. The van der Waals surface area contributed by atoms with Crippen LogP contribution in [0, 0.1) is 0 Å². The minimum Gasteiger partial charge on any atom is -0.333 e. The van der Waals surface area contributed by atoms with Gasteiger partial charge < -0.3 is 10.2 Å². The molecule has 0 saturated carbocycles. The molecule has 2 amide bonds. The molecule has 0 spiro atoms.